The van der Waals surface area contributed by atoms with Crippen molar-refractivity contribution in [2.75, 3.05) is 38.0 Å². The van der Waals surface area contributed by atoms with Crippen molar-refractivity contribution in [2.24, 2.45) is 0 Å². The van der Waals surface area contributed by atoms with Crippen LogP contribution in [0.3, 0.4) is 0 Å². The van der Waals surface area contributed by atoms with Crippen molar-refractivity contribution in [3.63, 3.8) is 0 Å². The first-order valence-electron chi connectivity index (χ1n) is 7.21. The van der Waals surface area contributed by atoms with Crippen molar-refractivity contribution in [3.8, 4) is 5.75 Å². The summed E-state index contributed by atoms with van der Waals surface area (Å²) < 4.78 is 10.2. The largest absolute Gasteiger partial charge is 0.497 e. The van der Waals surface area contributed by atoms with Crippen molar-refractivity contribution < 1.29 is 9.47 Å². The number of benzene rings is 1. The molecule has 0 bridgehead atoms. The molecule has 118 valence electrons. The number of rotatable bonds is 8. The first-order chi connectivity index (χ1) is 10.7. The van der Waals surface area contributed by atoms with Gasteiger partial charge in [0.2, 0.25) is 5.95 Å². The molecule has 0 fully saturated rings. The Kier molecular flexibility index (Phi) is 5.97. The molecule has 1 aromatic carbocycles. The highest BCUT2D eigenvalue weighted by Crippen LogP contribution is 2.19. The summed E-state index contributed by atoms with van der Waals surface area (Å²) in [5.74, 6) is 2.19. The summed E-state index contributed by atoms with van der Waals surface area (Å²) in [6.07, 6.45) is 0.931. The highest BCUT2D eigenvalue weighted by atomic mass is 16.5. The Morgan fingerprint density at radius 2 is 1.86 bits per heavy atom. The fourth-order valence-electron chi connectivity index (χ4n) is 1.95. The first-order valence-corrected chi connectivity index (χ1v) is 7.21. The van der Waals surface area contributed by atoms with Crippen LogP contribution in [0.5, 0.6) is 5.75 Å². The fraction of sp³-hybridized carbons (Fsp3) is 0.375. The van der Waals surface area contributed by atoms with Crippen molar-refractivity contribution in [1.29, 1.82) is 0 Å². The highest BCUT2D eigenvalue weighted by molar-refractivity contribution is 5.56. The van der Waals surface area contributed by atoms with E-state index >= 15 is 0 Å². The van der Waals surface area contributed by atoms with Crippen LogP contribution in [0.4, 0.5) is 17.5 Å². The smallest absolute Gasteiger partial charge is 0.229 e. The summed E-state index contributed by atoms with van der Waals surface area (Å²) in [6.45, 7) is 3.49. The second kappa shape index (κ2) is 8.19. The summed E-state index contributed by atoms with van der Waals surface area (Å²) in [5.41, 5.74) is 1.82. The molecule has 0 amide bonds. The maximum absolute atomic E-state index is 5.14. The van der Waals surface area contributed by atoms with Crippen molar-refractivity contribution >= 4 is 17.5 Å². The zero-order chi connectivity index (χ0) is 15.8. The normalized spacial score (nSPS) is 10.3. The van der Waals surface area contributed by atoms with Crippen molar-refractivity contribution in [3.05, 3.63) is 36.0 Å². The summed E-state index contributed by atoms with van der Waals surface area (Å²) in [5, 5.41) is 6.47. The van der Waals surface area contributed by atoms with Crippen LogP contribution in [0.15, 0.2) is 30.3 Å². The predicted molar refractivity (Wildman–Crippen MR) is 88.0 cm³/mol. The van der Waals surface area contributed by atoms with Gasteiger partial charge in [0.15, 0.2) is 0 Å². The fourth-order valence-corrected chi connectivity index (χ4v) is 1.95. The summed E-state index contributed by atoms with van der Waals surface area (Å²) in [6, 6.07) is 9.56. The summed E-state index contributed by atoms with van der Waals surface area (Å²) in [7, 11) is 3.35. The third kappa shape index (κ3) is 4.89. The quantitative estimate of drug-likeness (QED) is 0.731. The zero-order valence-corrected chi connectivity index (χ0v) is 13.2. The van der Waals surface area contributed by atoms with Gasteiger partial charge in [0.1, 0.15) is 11.6 Å². The van der Waals surface area contributed by atoms with Gasteiger partial charge in [-0.05, 0) is 37.6 Å². The average Bonchev–Trinajstić information content (AvgIpc) is 2.52. The average molecular weight is 302 g/mol. The molecule has 22 heavy (non-hydrogen) atoms. The number of nitrogens with one attached hydrogen (secondary N) is 2. The Balaban J connectivity index is 2.01. The van der Waals surface area contributed by atoms with Crippen molar-refractivity contribution in [1.82, 2.24) is 9.97 Å². The van der Waals surface area contributed by atoms with E-state index in [4.69, 9.17) is 9.47 Å². The zero-order valence-electron chi connectivity index (χ0n) is 13.2. The third-order valence-electron chi connectivity index (χ3n) is 3.03. The molecule has 0 radical (unpaired) electrons. The molecule has 0 aliphatic carbocycles. The molecule has 0 saturated heterocycles. The Bertz CT molecular complexity index is 587. The van der Waals surface area contributed by atoms with Gasteiger partial charge in [-0.15, -0.1) is 0 Å². The summed E-state index contributed by atoms with van der Waals surface area (Å²) in [4.78, 5) is 8.86. The van der Waals surface area contributed by atoms with Crippen LogP contribution in [-0.2, 0) is 4.74 Å². The lowest BCUT2D eigenvalue weighted by Gasteiger charge is -2.10. The Labute approximate surface area is 130 Å². The lowest BCUT2D eigenvalue weighted by Crippen LogP contribution is -2.08. The standard InChI is InChI=1S/C16H22N4O2/c1-12-11-15(17-9-4-10-21-2)20-16(18-12)19-13-5-7-14(22-3)8-6-13/h5-8,11H,4,9-10H2,1-3H3,(H2,17,18,19,20). The molecule has 0 aliphatic heterocycles. The predicted octanol–water partition coefficient (Wildman–Crippen LogP) is 2.99. The number of anilines is 3. The molecule has 2 aromatic rings. The van der Waals surface area contributed by atoms with E-state index in [9.17, 15) is 0 Å². The molecule has 0 aliphatic rings. The molecule has 0 spiro atoms. The highest BCUT2D eigenvalue weighted by Gasteiger charge is 2.03. The minimum atomic E-state index is 0.569. The Morgan fingerprint density at radius 3 is 2.55 bits per heavy atom. The van der Waals surface area contributed by atoms with Gasteiger partial charge in [0, 0.05) is 37.7 Å². The maximum atomic E-state index is 5.14. The molecule has 0 unspecified atom stereocenters. The van der Waals surface area contributed by atoms with Crippen molar-refractivity contribution in [2.45, 2.75) is 13.3 Å². The number of hydrogen-bond acceptors (Lipinski definition) is 6. The lowest BCUT2D eigenvalue weighted by molar-refractivity contribution is 0.198. The van der Waals surface area contributed by atoms with Gasteiger partial charge >= 0.3 is 0 Å². The monoisotopic (exact) mass is 302 g/mol. The number of aromatic nitrogens is 2. The first kappa shape index (κ1) is 16.0. The van der Waals surface area contributed by atoms with Crippen LogP contribution in [0.2, 0.25) is 0 Å². The Hall–Kier alpha value is -2.34. The number of nitrogens with zero attached hydrogens (tertiary/aromatic N) is 2. The van der Waals surface area contributed by atoms with Crippen LogP contribution in [0.1, 0.15) is 12.1 Å². The van der Waals surface area contributed by atoms with E-state index in [0.717, 1.165) is 42.5 Å². The molecule has 2 rings (SSSR count). The number of methoxy groups -OCH3 is 2. The lowest BCUT2D eigenvalue weighted by atomic mass is 10.3. The molecule has 1 heterocycles. The van der Waals surface area contributed by atoms with E-state index in [1.54, 1.807) is 14.2 Å². The minimum absolute atomic E-state index is 0.569. The van der Waals surface area contributed by atoms with E-state index in [2.05, 4.69) is 20.6 Å². The molecule has 0 atom stereocenters. The van der Waals surface area contributed by atoms with E-state index in [-0.39, 0.29) is 0 Å². The molecule has 2 N–H and O–H groups in total. The van der Waals surface area contributed by atoms with Gasteiger partial charge in [-0.3, -0.25) is 0 Å². The SMILES string of the molecule is COCCCNc1cc(C)nc(Nc2ccc(OC)cc2)n1. The summed E-state index contributed by atoms with van der Waals surface area (Å²) >= 11 is 0. The number of hydrogen-bond donors (Lipinski definition) is 2. The molecule has 1 aromatic heterocycles. The van der Waals surface area contributed by atoms with Crippen LogP contribution in [-0.4, -0.2) is 37.3 Å². The van der Waals surface area contributed by atoms with E-state index < -0.39 is 0 Å². The molecular formula is C16H22N4O2. The third-order valence-corrected chi connectivity index (χ3v) is 3.03. The Morgan fingerprint density at radius 1 is 1.09 bits per heavy atom. The topological polar surface area (TPSA) is 68.3 Å². The van der Waals surface area contributed by atoms with Gasteiger partial charge in [-0.1, -0.05) is 0 Å². The molecular weight excluding hydrogens is 280 g/mol. The van der Waals surface area contributed by atoms with Gasteiger partial charge in [0.05, 0.1) is 7.11 Å². The molecule has 6 heteroatoms. The number of ether oxygens (including phenoxy) is 2. The van der Waals surface area contributed by atoms with E-state index in [1.165, 1.54) is 0 Å². The van der Waals surface area contributed by atoms with Gasteiger partial charge in [-0.25, -0.2) is 4.98 Å². The molecule has 0 saturated carbocycles. The number of aryl methyl sites for hydroxylation is 1. The maximum Gasteiger partial charge on any atom is 0.229 e. The van der Waals surface area contributed by atoms with Gasteiger partial charge in [-0.2, -0.15) is 4.98 Å². The van der Waals surface area contributed by atoms with Crippen LogP contribution >= 0.6 is 0 Å². The van der Waals surface area contributed by atoms with Crippen LogP contribution in [0.25, 0.3) is 0 Å². The van der Waals surface area contributed by atoms with Gasteiger partial charge < -0.3 is 20.1 Å². The van der Waals surface area contributed by atoms with Gasteiger partial charge in [0.25, 0.3) is 0 Å². The van der Waals surface area contributed by atoms with E-state index in [0.29, 0.717) is 5.95 Å². The van der Waals surface area contributed by atoms with E-state index in [1.807, 2.05) is 37.3 Å². The molecule has 6 nitrogen and oxygen atoms in total. The second-order valence-corrected chi connectivity index (χ2v) is 4.84. The van der Waals surface area contributed by atoms with Crippen LogP contribution < -0.4 is 15.4 Å². The second-order valence-electron chi connectivity index (χ2n) is 4.84. The van der Waals surface area contributed by atoms with Crippen LogP contribution in [0, 0.1) is 6.92 Å². The minimum Gasteiger partial charge on any atom is -0.497 e.